The molecule has 2 unspecified atom stereocenters. The minimum absolute atomic E-state index is 0.674. The molecule has 1 aromatic rings. The molecule has 0 fully saturated rings. The van der Waals surface area contributed by atoms with Gasteiger partial charge in [0.25, 0.3) is 0 Å². The lowest BCUT2D eigenvalue weighted by Crippen LogP contribution is -2.37. The highest BCUT2D eigenvalue weighted by molar-refractivity contribution is 5.39. The van der Waals surface area contributed by atoms with Crippen molar-refractivity contribution in [1.29, 1.82) is 0 Å². The van der Waals surface area contributed by atoms with Gasteiger partial charge in [-0.1, -0.05) is 45.0 Å². The van der Waals surface area contributed by atoms with Crippen molar-refractivity contribution < 1.29 is 0 Å². The second kappa shape index (κ2) is 5.68. The van der Waals surface area contributed by atoms with Crippen LogP contribution in [0.5, 0.6) is 0 Å². The van der Waals surface area contributed by atoms with Crippen LogP contribution in [0.25, 0.3) is 0 Å². The topological polar surface area (TPSA) is 12.0 Å². The normalized spacial score (nSPS) is 19.9. The Morgan fingerprint density at radius 3 is 2.71 bits per heavy atom. The molecule has 2 atom stereocenters. The van der Waals surface area contributed by atoms with Crippen LogP contribution in [0.3, 0.4) is 0 Å². The average Bonchev–Trinajstić information content (AvgIpc) is 2.29. The van der Waals surface area contributed by atoms with Crippen LogP contribution in [0, 0.1) is 5.92 Å². The van der Waals surface area contributed by atoms with Gasteiger partial charge >= 0.3 is 0 Å². The van der Waals surface area contributed by atoms with Crippen molar-refractivity contribution in [3.8, 4) is 0 Å². The Morgan fingerprint density at radius 1 is 1.29 bits per heavy atom. The summed E-state index contributed by atoms with van der Waals surface area (Å²) in [5.74, 6) is 1.53. The molecule has 0 saturated heterocycles. The van der Waals surface area contributed by atoms with Crippen LogP contribution < -0.4 is 5.32 Å². The van der Waals surface area contributed by atoms with Crippen molar-refractivity contribution in [2.45, 2.75) is 52.0 Å². The van der Waals surface area contributed by atoms with E-state index in [2.05, 4.69) is 50.4 Å². The van der Waals surface area contributed by atoms with E-state index in [4.69, 9.17) is 0 Å². The van der Waals surface area contributed by atoms with E-state index in [-0.39, 0.29) is 0 Å². The van der Waals surface area contributed by atoms with Gasteiger partial charge in [-0.3, -0.25) is 0 Å². The van der Waals surface area contributed by atoms with Gasteiger partial charge in [0.2, 0.25) is 0 Å². The van der Waals surface area contributed by atoms with E-state index in [1.807, 2.05) is 0 Å². The lowest BCUT2D eigenvalue weighted by molar-refractivity contribution is 0.341. The molecule has 17 heavy (non-hydrogen) atoms. The molecule has 1 aromatic carbocycles. The molecule has 0 radical (unpaired) electrons. The van der Waals surface area contributed by atoms with E-state index in [0.717, 1.165) is 18.4 Å². The number of fused-ring (bicyclic) bond motifs is 1. The monoisotopic (exact) mass is 231 g/mol. The highest BCUT2D eigenvalue weighted by Crippen LogP contribution is 2.38. The van der Waals surface area contributed by atoms with Crippen LogP contribution in [0.1, 0.15) is 50.7 Å². The quantitative estimate of drug-likeness (QED) is 0.786. The predicted octanol–water partition coefficient (Wildman–Crippen LogP) is 3.74. The summed E-state index contributed by atoms with van der Waals surface area (Å²) >= 11 is 0. The van der Waals surface area contributed by atoms with Crippen LogP contribution in [0.4, 0.5) is 0 Å². The van der Waals surface area contributed by atoms with Crippen LogP contribution in [0.15, 0.2) is 24.3 Å². The number of benzene rings is 1. The smallest absolute Gasteiger partial charge is 0.00959 e. The zero-order chi connectivity index (χ0) is 12.3. The maximum Gasteiger partial charge on any atom is 0.00959 e. The first kappa shape index (κ1) is 12.6. The average molecular weight is 231 g/mol. The summed E-state index contributed by atoms with van der Waals surface area (Å²) in [5, 5.41) is 3.70. The van der Waals surface area contributed by atoms with Gasteiger partial charge in [-0.05, 0) is 48.8 Å². The van der Waals surface area contributed by atoms with E-state index >= 15 is 0 Å². The van der Waals surface area contributed by atoms with Crippen molar-refractivity contribution in [3.05, 3.63) is 35.4 Å². The molecule has 1 aliphatic rings. The molecular weight excluding hydrogens is 206 g/mol. The molecule has 94 valence electrons. The fraction of sp³-hybridized carbons (Fsp3) is 0.625. The van der Waals surface area contributed by atoms with Crippen molar-refractivity contribution in [1.82, 2.24) is 5.32 Å². The summed E-state index contributed by atoms with van der Waals surface area (Å²) in [5.41, 5.74) is 3.16. The molecule has 0 heterocycles. The molecule has 1 heteroatoms. The third-order valence-electron chi connectivity index (χ3n) is 3.96. The Labute approximate surface area is 106 Å². The zero-order valence-corrected chi connectivity index (χ0v) is 11.4. The summed E-state index contributed by atoms with van der Waals surface area (Å²) in [6.45, 7) is 8.05. The first-order valence-corrected chi connectivity index (χ1v) is 7.03. The van der Waals surface area contributed by atoms with Crippen molar-refractivity contribution in [3.63, 3.8) is 0 Å². The van der Waals surface area contributed by atoms with E-state index in [9.17, 15) is 0 Å². The minimum Gasteiger partial charge on any atom is -0.314 e. The summed E-state index contributed by atoms with van der Waals surface area (Å²) in [7, 11) is 0. The second-order valence-corrected chi connectivity index (χ2v) is 5.64. The van der Waals surface area contributed by atoms with Crippen LogP contribution in [0.2, 0.25) is 0 Å². The highest BCUT2D eigenvalue weighted by atomic mass is 14.9. The summed E-state index contributed by atoms with van der Waals surface area (Å²) in [4.78, 5) is 0. The largest absolute Gasteiger partial charge is 0.314 e. The Kier molecular flexibility index (Phi) is 4.22. The summed E-state index contributed by atoms with van der Waals surface area (Å²) in [6, 6.07) is 9.59. The Morgan fingerprint density at radius 2 is 2.06 bits per heavy atom. The Hall–Kier alpha value is -0.820. The minimum atomic E-state index is 0.674. The first-order valence-electron chi connectivity index (χ1n) is 7.03. The van der Waals surface area contributed by atoms with E-state index < -0.39 is 0 Å². The summed E-state index contributed by atoms with van der Waals surface area (Å²) in [6.07, 6.45) is 3.81. The molecule has 0 spiro atoms. The van der Waals surface area contributed by atoms with Crippen LogP contribution >= 0.6 is 0 Å². The van der Waals surface area contributed by atoms with E-state index in [1.165, 1.54) is 19.3 Å². The third-order valence-corrected chi connectivity index (χ3v) is 3.96. The van der Waals surface area contributed by atoms with Gasteiger partial charge in [-0.15, -0.1) is 0 Å². The Balaban J connectivity index is 1.92. The lowest BCUT2D eigenvalue weighted by Gasteiger charge is -2.34. The molecule has 0 saturated carbocycles. The molecule has 2 rings (SSSR count). The number of hydrogen-bond donors (Lipinski definition) is 1. The second-order valence-electron chi connectivity index (χ2n) is 5.64. The van der Waals surface area contributed by atoms with Gasteiger partial charge in [0, 0.05) is 6.04 Å². The van der Waals surface area contributed by atoms with E-state index in [0.29, 0.717) is 6.04 Å². The molecule has 1 aliphatic carbocycles. The van der Waals surface area contributed by atoms with Crippen molar-refractivity contribution in [2.24, 2.45) is 5.92 Å². The fourth-order valence-corrected chi connectivity index (χ4v) is 2.80. The zero-order valence-electron chi connectivity index (χ0n) is 11.4. The van der Waals surface area contributed by atoms with Gasteiger partial charge < -0.3 is 5.32 Å². The highest BCUT2D eigenvalue weighted by Gasteiger charge is 2.28. The number of rotatable bonds is 6. The van der Waals surface area contributed by atoms with Crippen molar-refractivity contribution >= 4 is 0 Å². The number of hydrogen-bond acceptors (Lipinski definition) is 1. The fourth-order valence-electron chi connectivity index (χ4n) is 2.80. The van der Waals surface area contributed by atoms with E-state index in [1.54, 1.807) is 11.1 Å². The predicted molar refractivity (Wildman–Crippen MR) is 74.4 cm³/mol. The summed E-state index contributed by atoms with van der Waals surface area (Å²) < 4.78 is 0. The van der Waals surface area contributed by atoms with Gasteiger partial charge in [0.05, 0.1) is 0 Å². The van der Waals surface area contributed by atoms with Gasteiger partial charge in [0.15, 0.2) is 0 Å². The van der Waals surface area contributed by atoms with Crippen LogP contribution in [-0.4, -0.2) is 12.6 Å². The molecule has 1 nitrogen and oxygen atoms in total. The van der Waals surface area contributed by atoms with Crippen LogP contribution in [-0.2, 0) is 6.42 Å². The number of nitrogens with one attached hydrogen (secondary N) is 1. The Bertz CT molecular complexity index is 356. The molecule has 0 aromatic heterocycles. The van der Waals surface area contributed by atoms with Gasteiger partial charge in [0.1, 0.15) is 0 Å². The third kappa shape index (κ3) is 2.90. The SMILES string of the molecule is CCCNC(CC1Cc2ccccc21)C(C)C. The molecule has 1 N–H and O–H groups in total. The van der Waals surface area contributed by atoms with Gasteiger partial charge in [-0.25, -0.2) is 0 Å². The maximum absolute atomic E-state index is 3.70. The standard InChI is InChI=1S/C16H25N/c1-4-9-17-16(12(2)3)11-14-10-13-7-5-6-8-15(13)14/h5-8,12,14,16-17H,4,9-11H2,1-3H3. The first-order chi connectivity index (χ1) is 8.22. The molecule has 0 aliphatic heterocycles. The molecule has 0 amide bonds. The molecular formula is C16H25N. The maximum atomic E-state index is 3.70. The lowest BCUT2D eigenvalue weighted by atomic mass is 9.73. The van der Waals surface area contributed by atoms with Crippen molar-refractivity contribution in [2.75, 3.05) is 6.54 Å². The van der Waals surface area contributed by atoms with Gasteiger partial charge in [-0.2, -0.15) is 0 Å². The molecule has 0 bridgehead atoms.